The Balaban J connectivity index is 1.71. The van der Waals surface area contributed by atoms with Gasteiger partial charge in [-0.2, -0.15) is 5.10 Å². The van der Waals surface area contributed by atoms with E-state index in [0.29, 0.717) is 0 Å². The highest BCUT2D eigenvalue weighted by Crippen LogP contribution is 2.21. The molecule has 1 aliphatic rings. The van der Waals surface area contributed by atoms with Gasteiger partial charge in [-0.3, -0.25) is 4.68 Å². The van der Waals surface area contributed by atoms with Gasteiger partial charge in [0.15, 0.2) is 0 Å². The van der Waals surface area contributed by atoms with Gasteiger partial charge < -0.3 is 9.80 Å². The number of likely N-dealkylation sites (tertiary alicyclic amines) is 1. The zero-order valence-electron chi connectivity index (χ0n) is 13.5. The lowest BCUT2D eigenvalue weighted by atomic mass is 9.97. The van der Waals surface area contributed by atoms with Gasteiger partial charge in [0.05, 0.1) is 6.20 Å². The molecule has 0 amide bonds. The van der Waals surface area contributed by atoms with Crippen LogP contribution in [-0.2, 0) is 13.5 Å². The van der Waals surface area contributed by atoms with E-state index in [1.54, 1.807) is 0 Å². The number of aryl methyl sites for hydroxylation is 2. The van der Waals surface area contributed by atoms with Crippen molar-refractivity contribution in [3.8, 4) is 0 Å². The van der Waals surface area contributed by atoms with Gasteiger partial charge in [-0.05, 0) is 64.9 Å². The van der Waals surface area contributed by atoms with E-state index in [0.717, 1.165) is 18.5 Å². The molecule has 114 valence electrons. The minimum atomic E-state index is 0.736. The van der Waals surface area contributed by atoms with Crippen molar-refractivity contribution in [2.24, 2.45) is 7.05 Å². The highest BCUT2D eigenvalue weighted by Gasteiger charge is 2.26. The average molecular weight is 278 g/mol. The average Bonchev–Trinajstić information content (AvgIpc) is 2.84. The Hall–Kier alpha value is -0.870. The molecule has 1 aromatic heterocycles. The first-order chi connectivity index (χ1) is 9.60. The summed E-state index contributed by atoms with van der Waals surface area (Å²) >= 11 is 0. The predicted molar refractivity (Wildman–Crippen MR) is 83.9 cm³/mol. The topological polar surface area (TPSA) is 24.3 Å². The lowest BCUT2D eigenvalue weighted by Gasteiger charge is -2.40. The van der Waals surface area contributed by atoms with E-state index >= 15 is 0 Å². The molecule has 20 heavy (non-hydrogen) atoms. The second kappa shape index (κ2) is 7.23. The van der Waals surface area contributed by atoms with Crippen LogP contribution in [-0.4, -0.2) is 58.3 Å². The summed E-state index contributed by atoms with van der Waals surface area (Å²) in [5.41, 5.74) is 1.36. The first-order valence-corrected chi connectivity index (χ1v) is 8.02. The SMILES string of the molecule is CCN1CC[C@H](N(C)CCCc2cnn(C)c2)C[C@H]1C. The molecular weight excluding hydrogens is 248 g/mol. The predicted octanol–water partition coefficient (Wildman–Crippen LogP) is 2.16. The Morgan fingerprint density at radius 1 is 1.45 bits per heavy atom. The normalized spacial score (nSPS) is 24.4. The molecule has 0 bridgehead atoms. The molecule has 2 heterocycles. The number of hydrogen-bond donors (Lipinski definition) is 0. The summed E-state index contributed by atoms with van der Waals surface area (Å²) < 4.78 is 1.89. The highest BCUT2D eigenvalue weighted by atomic mass is 15.2. The van der Waals surface area contributed by atoms with Gasteiger partial charge in [-0.1, -0.05) is 6.92 Å². The lowest BCUT2D eigenvalue weighted by Crippen LogP contribution is -2.48. The number of piperidine rings is 1. The minimum Gasteiger partial charge on any atom is -0.303 e. The van der Waals surface area contributed by atoms with E-state index in [4.69, 9.17) is 0 Å². The van der Waals surface area contributed by atoms with Crippen molar-refractivity contribution in [2.75, 3.05) is 26.7 Å². The minimum absolute atomic E-state index is 0.736. The first kappa shape index (κ1) is 15.5. The zero-order valence-corrected chi connectivity index (χ0v) is 13.5. The fourth-order valence-corrected chi connectivity index (χ4v) is 3.38. The quantitative estimate of drug-likeness (QED) is 0.797. The van der Waals surface area contributed by atoms with Gasteiger partial charge in [-0.15, -0.1) is 0 Å². The smallest absolute Gasteiger partial charge is 0.0521 e. The maximum Gasteiger partial charge on any atom is 0.0521 e. The van der Waals surface area contributed by atoms with Crippen molar-refractivity contribution in [3.63, 3.8) is 0 Å². The Labute approximate surface area is 123 Å². The summed E-state index contributed by atoms with van der Waals surface area (Å²) in [6, 6.07) is 1.50. The summed E-state index contributed by atoms with van der Waals surface area (Å²) in [6.45, 7) is 8.29. The molecule has 1 aliphatic heterocycles. The molecule has 0 unspecified atom stereocenters. The fourth-order valence-electron chi connectivity index (χ4n) is 3.38. The Morgan fingerprint density at radius 3 is 2.85 bits per heavy atom. The van der Waals surface area contributed by atoms with Gasteiger partial charge in [0.2, 0.25) is 0 Å². The molecule has 4 nitrogen and oxygen atoms in total. The number of nitrogens with zero attached hydrogens (tertiary/aromatic N) is 4. The van der Waals surface area contributed by atoms with E-state index in [1.807, 2.05) is 17.9 Å². The molecule has 1 fully saturated rings. The molecule has 0 spiro atoms. The van der Waals surface area contributed by atoms with Crippen molar-refractivity contribution >= 4 is 0 Å². The molecule has 0 radical (unpaired) electrons. The fraction of sp³-hybridized carbons (Fsp3) is 0.812. The number of aromatic nitrogens is 2. The van der Waals surface area contributed by atoms with Crippen LogP contribution >= 0.6 is 0 Å². The van der Waals surface area contributed by atoms with Crippen LogP contribution in [0.4, 0.5) is 0 Å². The molecule has 2 atom stereocenters. The Bertz CT molecular complexity index is 401. The first-order valence-electron chi connectivity index (χ1n) is 8.02. The Kier molecular flexibility index (Phi) is 5.61. The maximum atomic E-state index is 4.23. The van der Waals surface area contributed by atoms with Crippen LogP contribution in [0.3, 0.4) is 0 Å². The van der Waals surface area contributed by atoms with E-state index in [-0.39, 0.29) is 0 Å². The molecule has 2 rings (SSSR count). The van der Waals surface area contributed by atoms with Crippen molar-refractivity contribution in [1.82, 2.24) is 19.6 Å². The van der Waals surface area contributed by atoms with Gasteiger partial charge in [-0.25, -0.2) is 0 Å². The second-order valence-electron chi connectivity index (χ2n) is 6.26. The van der Waals surface area contributed by atoms with Gasteiger partial charge in [0.1, 0.15) is 0 Å². The van der Waals surface area contributed by atoms with Crippen LogP contribution in [0.15, 0.2) is 12.4 Å². The zero-order chi connectivity index (χ0) is 14.5. The molecule has 1 saturated heterocycles. The van der Waals surface area contributed by atoms with Crippen molar-refractivity contribution in [2.45, 2.75) is 51.6 Å². The van der Waals surface area contributed by atoms with E-state index in [9.17, 15) is 0 Å². The van der Waals surface area contributed by atoms with Gasteiger partial charge in [0, 0.05) is 25.3 Å². The third kappa shape index (κ3) is 4.06. The van der Waals surface area contributed by atoms with E-state index in [1.165, 1.54) is 44.5 Å². The van der Waals surface area contributed by atoms with Crippen LogP contribution in [0, 0.1) is 0 Å². The Morgan fingerprint density at radius 2 is 2.25 bits per heavy atom. The van der Waals surface area contributed by atoms with Crippen molar-refractivity contribution in [3.05, 3.63) is 18.0 Å². The third-order valence-corrected chi connectivity index (χ3v) is 4.75. The largest absolute Gasteiger partial charge is 0.303 e. The van der Waals surface area contributed by atoms with Crippen molar-refractivity contribution in [1.29, 1.82) is 0 Å². The molecule has 0 aliphatic carbocycles. The molecule has 0 aromatic carbocycles. The molecule has 4 heteroatoms. The van der Waals surface area contributed by atoms with E-state index < -0.39 is 0 Å². The van der Waals surface area contributed by atoms with Gasteiger partial charge >= 0.3 is 0 Å². The molecule has 0 saturated carbocycles. The van der Waals surface area contributed by atoms with E-state index in [2.05, 4.69) is 42.0 Å². The monoisotopic (exact) mass is 278 g/mol. The third-order valence-electron chi connectivity index (χ3n) is 4.75. The lowest BCUT2D eigenvalue weighted by molar-refractivity contribution is 0.0893. The van der Waals surface area contributed by atoms with Crippen LogP contribution in [0.25, 0.3) is 0 Å². The van der Waals surface area contributed by atoms with Crippen LogP contribution in [0.5, 0.6) is 0 Å². The number of hydrogen-bond acceptors (Lipinski definition) is 3. The molecule has 1 aromatic rings. The van der Waals surface area contributed by atoms with Crippen LogP contribution < -0.4 is 0 Å². The molecule has 0 N–H and O–H groups in total. The highest BCUT2D eigenvalue weighted by molar-refractivity contribution is 5.03. The summed E-state index contributed by atoms with van der Waals surface area (Å²) in [4.78, 5) is 5.17. The molecular formula is C16H30N4. The summed E-state index contributed by atoms with van der Waals surface area (Å²) in [6.07, 6.45) is 9.12. The van der Waals surface area contributed by atoms with Crippen LogP contribution in [0.1, 0.15) is 38.7 Å². The summed E-state index contributed by atoms with van der Waals surface area (Å²) in [5.74, 6) is 0. The maximum absolute atomic E-state index is 4.23. The standard InChI is InChI=1S/C16H30N4/c1-5-20-10-8-16(11-14(20)2)18(3)9-6-7-15-12-17-19(4)13-15/h12-14,16H,5-11H2,1-4H3/t14-,16+/m1/s1. The van der Waals surface area contributed by atoms with Crippen molar-refractivity contribution < 1.29 is 0 Å². The second-order valence-corrected chi connectivity index (χ2v) is 6.26. The summed E-state index contributed by atoms with van der Waals surface area (Å²) in [5, 5.41) is 4.23. The van der Waals surface area contributed by atoms with Gasteiger partial charge in [0.25, 0.3) is 0 Å². The summed E-state index contributed by atoms with van der Waals surface area (Å²) in [7, 11) is 4.28. The van der Waals surface area contributed by atoms with Crippen LogP contribution in [0.2, 0.25) is 0 Å². The number of rotatable bonds is 6.